The highest BCUT2D eigenvalue weighted by Crippen LogP contribution is 2.16. The molecular weight excluding hydrogens is 229 g/mol. The minimum absolute atomic E-state index is 0.0471. The minimum Gasteiger partial charge on any atom is -0.339 e. The maximum Gasteiger partial charge on any atom is 0.246 e. The van der Waals surface area contributed by atoms with Gasteiger partial charge in [0.15, 0.2) is 0 Å². The molecule has 0 spiro atoms. The predicted molar refractivity (Wildman–Crippen MR) is 70.4 cm³/mol. The summed E-state index contributed by atoms with van der Waals surface area (Å²) in [5.41, 5.74) is 0.842. The van der Waals surface area contributed by atoms with Gasteiger partial charge >= 0.3 is 0 Å². The number of piperidine rings is 1. The highest BCUT2D eigenvalue weighted by Gasteiger charge is 2.18. The van der Waals surface area contributed by atoms with Gasteiger partial charge in [0.25, 0.3) is 0 Å². The third-order valence-electron chi connectivity index (χ3n) is 3.26. The average molecular weight is 247 g/mol. The van der Waals surface area contributed by atoms with Gasteiger partial charge in [0, 0.05) is 19.2 Å². The summed E-state index contributed by atoms with van der Waals surface area (Å²) in [6.45, 7) is 3.85. The zero-order chi connectivity index (χ0) is 13.0. The first-order valence-electron chi connectivity index (χ1n) is 6.38. The molecule has 0 unspecified atom stereocenters. The fraction of sp³-hybridized carbons (Fsp3) is 0.400. The minimum atomic E-state index is -0.261. The molecule has 0 N–H and O–H groups in total. The SMILES string of the molecule is C[C@@H]1CCCN(C(=O)/C=C/c2ccc(F)cc2)C1. The van der Waals surface area contributed by atoms with Crippen LogP contribution >= 0.6 is 0 Å². The molecule has 1 atom stereocenters. The van der Waals surface area contributed by atoms with Crippen LogP contribution in [0.2, 0.25) is 0 Å². The van der Waals surface area contributed by atoms with Gasteiger partial charge in [0.1, 0.15) is 5.82 Å². The van der Waals surface area contributed by atoms with Gasteiger partial charge in [-0.25, -0.2) is 4.39 Å². The molecular formula is C15H18FNO. The Labute approximate surface area is 107 Å². The molecule has 1 aliphatic rings. The van der Waals surface area contributed by atoms with Crippen LogP contribution in [-0.4, -0.2) is 23.9 Å². The first kappa shape index (κ1) is 12.8. The molecule has 2 rings (SSSR count). The van der Waals surface area contributed by atoms with Gasteiger partial charge in [-0.1, -0.05) is 19.1 Å². The van der Waals surface area contributed by atoms with Gasteiger partial charge in [-0.2, -0.15) is 0 Å². The maximum absolute atomic E-state index is 12.7. The second-order valence-electron chi connectivity index (χ2n) is 4.92. The number of carbonyl (C=O) groups excluding carboxylic acids is 1. The summed E-state index contributed by atoms with van der Waals surface area (Å²) in [5, 5.41) is 0. The molecule has 1 amide bonds. The molecule has 18 heavy (non-hydrogen) atoms. The lowest BCUT2D eigenvalue weighted by Crippen LogP contribution is -2.38. The van der Waals surface area contributed by atoms with Crippen LogP contribution < -0.4 is 0 Å². The Morgan fingerprint density at radius 1 is 1.39 bits per heavy atom. The van der Waals surface area contributed by atoms with E-state index < -0.39 is 0 Å². The number of hydrogen-bond acceptors (Lipinski definition) is 1. The van der Waals surface area contributed by atoms with E-state index in [-0.39, 0.29) is 11.7 Å². The molecule has 1 heterocycles. The summed E-state index contributed by atoms with van der Waals surface area (Å²) >= 11 is 0. The molecule has 0 aromatic heterocycles. The summed E-state index contributed by atoms with van der Waals surface area (Å²) in [5.74, 6) is 0.371. The number of amides is 1. The van der Waals surface area contributed by atoms with Crippen LogP contribution in [0.3, 0.4) is 0 Å². The molecule has 1 aromatic rings. The lowest BCUT2D eigenvalue weighted by molar-refractivity contribution is -0.127. The topological polar surface area (TPSA) is 20.3 Å². The van der Waals surface area contributed by atoms with E-state index in [0.29, 0.717) is 5.92 Å². The van der Waals surface area contributed by atoms with E-state index in [1.54, 1.807) is 24.3 Å². The molecule has 1 aliphatic heterocycles. The van der Waals surface area contributed by atoms with E-state index >= 15 is 0 Å². The summed E-state index contributed by atoms with van der Waals surface area (Å²) in [7, 11) is 0. The van der Waals surface area contributed by atoms with Crippen molar-refractivity contribution in [2.24, 2.45) is 5.92 Å². The van der Waals surface area contributed by atoms with E-state index in [1.165, 1.54) is 18.6 Å². The fourth-order valence-electron chi connectivity index (χ4n) is 2.24. The van der Waals surface area contributed by atoms with Crippen molar-refractivity contribution in [3.05, 3.63) is 41.7 Å². The lowest BCUT2D eigenvalue weighted by atomic mass is 10.0. The van der Waals surface area contributed by atoms with E-state index in [0.717, 1.165) is 25.1 Å². The Kier molecular flexibility index (Phi) is 4.13. The first-order valence-corrected chi connectivity index (χ1v) is 6.38. The summed E-state index contributed by atoms with van der Waals surface area (Å²) < 4.78 is 12.7. The molecule has 3 heteroatoms. The van der Waals surface area contributed by atoms with Gasteiger partial charge in [-0.3, -0.25) is 4.79 Å². The highest BCUT2D eigenvalue weighted by atomic mass is 19.1. The van der Waals surface area contributed by atoms with Crippen molar-refractivity contribution in [1.29, 1.82) is 0 Å². The zero-order valence-corrected chi connectivity index (χ0v) is 10.6. The Balaban J connectivity index is 1.96. The molecule has 0 bridgehead atoms. The Bertz CT molecular complexity index is 438. The van der Waals surface area contributed by atoms with Gasteiger partial charge < -0.3 is 4.90 Å². The lowest BCUT2D eigenvalue weighted by Gasteiger charge is -2.30. The van der Waals surface area contributed by atoms with Crippen LogP contribution in [0, 0.1) is 11.7 Å². The first-order chi connectivity index (χ1) is 8.65. The van der Waals surface area contributed by atoms with Crippen molar-refractivity contribution in [3.63, 3.8) is 0 Å². The van der Waals surface area contributed by atoms with Crippen LogP contribution in [0.25, 0.3) is 6.08 Å². The normalized spacial score (nSPS) is 20.3. The third-order valence-corrected chi connectivity index (χ3v) is 3.26. The van der Waals surface area contributed by atoms with Crippen LogP contribution in [0.15, 0.2) is 30.3 Å². The van der Waals surface area contributed by atoms with E-state index in [9.17, 15) is 9.18 Å². The van der Waals surface area contributed by atoms with Gasteiger partial charge in [-0.15, -0.1) is 0 Å². The fourth-order valence-corrected chi connectivity index (χ4v) is 2.24. The largest absolute Gasteiger partial charge is 0.339 e. The average Bonchev–Trinajstić information content (AvgIpc) is 2.38. The number of rotatable bonds is 2. The van der Waals surface area contributed by atoms with Crippen LogP contribution in [0.5, 0.6) is 0 Å². The van der Waals surface area contributed by atoms with Gasteiger partial charge in [0.2, 0.25) is 5.91 Å². The number of carbonyl (C=O) groups is 1. The van der Waals surface area contributed by atoms with Crippen LogP contribution in [0.4, 0.5) is 4.39 Å². The van der Waals surface area contributed by atoms with Crippen molar-refractivity contribution in [2.45, 2.75) is 19.8 Å². The quantitative estimate of drug-likeness (QED) is 0.735. The Morgan fingerprint density at radius 2 is 2.11 bits per heavy atom. The second-order valence-corrected chi connectivity index (χ2v) is 4.92. The van der Waals surface area contributed by atoms with Gasteiger partial charge in [-0.05, 0) is 42.5 Å². The number of nitrogens with zero attached hydrogens (tertiary/aromatic N) is 1. The van der Waals surface area contributed by atoms with Crippen molar-refractivity contribution < 1.29 is 9.18 Å². The summed E-state index contributed by atoms with van der Waals surface area (Å²) in [6.07, 6.45) is 5.59. The monoisotopic (exact) mass is 247 g/mol. The van der Waals surface area contributed by atoms with Crippen LogP contribution in [0.1, 0.15) is 25.3 Å². The van der Waals surface area contributed by atoms with Crippen LogP contribution in [-0.2, 0) is 4.79 Å². The number of benzene rings is 1. The molecule has 0 saturated carbocycles. The van der Waals surface area contributed by atoms with Crippen molar-refractivity contribution in [1.82, 2.24) is 4.90 Å². The van der Waals surface area contributed by atoms with E-state index in [2.05, 4.69) is 6.92 Å². The number of hydrogen-bond donors (Lipinski definition) is 0. The van der Waals surface area contributed by atoms with E-state index in [1.807, 2.05) is 4.90 Å². The summed E-state index contributed by atoms with van der Waals surface area (Å²) in [4.78, 5) is 13.8. The van der Waals surface area contributed by atoms with Crippen molar-refractivity contribution in [3.8, 4) is 0 Å². The standard InChI is InChI=1S/C15H18FNO/c1-12-3-2-10-17(11-12)15(18)9-6-13-4-7-14(16)8-5-13/h4-9,12H,2-3,10-11H2,1H3/b9-6+/t12-/m1/s1. The molecule has 2 nitrogen and oxygen atoms in total. The molecule has 0 radical (unpaired) electrons. The number of likely N-dealkylation sites (tertiary alicyclic amines) is 1. The van der Waals surface area contributed by atoms with Gasteiger partial charge in [0.05, 0.1) is 0 Å². The smallest absolute Gasteiger partial charge is 0.246 e. The Morgan fingerprint density at radius 3 is 2.78 bits per heavy atom. The van der Waals surface area contributed by atoms with E-state index in [4.69, 9.17) is 0 Å². The Hall–Kier alpha value is -1.64. The molecule has 1 fully saturated rings. The van der Waals surface area contributed by atoms with Crippen molar-refractivity contribution in [2.75, 3.05) is 13.1 Å². The third kappa shape index (κ3) is 3.42. The summed E-state index contributed by atoms with van der Waals surface area (Å²) in [6, 6.07) is 6.12. The zero-order valence-electron chi connectivity index (χ0n) is 10.6. The second kappa shape index (κ2) is 5.80. The maximum atomic E-state index is 12.7. The molecule has 0 aliphatic carbocycles. The highest BCUT2D eigenvalue weighted by molar-refractivity contribution is 5.91. The number of halogens is 1. The molecule has 1 aromatic carbocycles. The van der Waals surface area contributed by atoms with Crippen molar-refractivity contribution >= 4 is 12.0 Å². The molecule has 96 valence electrons. The predicted octanol–water partition coefficient (Wildman–Crippen LogP) is 3.10. The molecule has 1 saturated heterocycles.